The van der Waals surface area contributed by atoms with Gasteiger partial charge in [-0.1, -0.05) is 24.3 Å². The monoisotopic (exact) mass is 474 g/mol. The first kappa shape index (κ1) is 21.7. The Morgan fingerprint density at radius 2 is 1.83 bits per heavy atom. The molecule has 178 valence electrons. The van der Waals surface area contributed by atoms with Gasteiger partial charge in [0, 0.05) is 29.2 Å². The van der Waals surface area contributed by atoms with E-state index in [0.717, 1.165) is 18.5 Å². The van der Waals surface area contributed by atoms with Crippen LogP contribution in [0.4, 0.5) is 25.8 Å². The summed E-state index contributed by atoms with van der Waals surface area (Å²) in [5.74, 6) is -0.563. The first-order valence-corrected chi connectivity index (χ1v) is 11.9. The minimum Gasteiger partial charge on any atom is -0.372 e. The molecule has 0 bridgehead atoms. The van der Waals surface area contributed by atoms with Crippen molar-refractivity contribution in [3.8, 4) is 0 Å². The van der Waals surface area contributed by atoms with Gasteiger partial charge in [0.15, 0.2) is 0 Å². The molecule has 0 radical (unpaired) electrons. The summed E-state index contributed by atoms with van der Waals surface area (Å²) in [7, 11) is 0. The van der Waals surface area contributed by atoms with E-state index < -0.39 is 23.7 Å². The number of para-hydroxylation sites is 1. The lowest BCUT2D eigenvalue weighted by molar-refractivity contribution is -0.124. The molecule has 3 aromatic rings. The van der Waals surface area contributed by atoms with E-state index in [0.29, 0.717) is 17.4 Å². The zero-order chi connectivity index (χ0) is 24.1. The van der Waals surface area contributed by atoms with Gasteiger partial charge < -0.3 is 10.2 Å². The van der Waals surface area contributed by atoms with E-state index in [4.69, 9.17) is 0 Å². The van der Waals surface area contributed by atoms with Crippen molar-refractivity contribution in [2.24, 2.45) is 11.8 Å². The number of hydrogen-bond acceptors (Lipinski definition) is 4. The summed E-state index contributed by atoms with van der Waals surface area (Å²) in [5, 5.41) is 2.77. The van der Waals surface area contributed by atoms with E-state index in [-0.39, 0.29) is 29.9 Å². The minimum atomic E-state index is -0.932. The van der Waals surface area contributed by atoms with E-state index in [9.17, 15) is 18.4 Å². The summed E-state index contributed by atoms with van der Waals surface area (Å²) >= 11 is 0. The summed E-state index contributed by atoms with van der Waals surface area (Å²) in [4.78, 5) is 34.3. The van der Waals surface area contributed by atoms with Crippen LogP contribution in [0.2, 0.25) is 0 Å². The lowest BCUT2D eigenvalue weighted by atomic mass is 10.1. The molecular formula is C27H24F2N4O2. The van der Waals surface area contributed by atoms with Gasteiger partial charge in [-0.2, -0.15) is 4.39 Å². The number of anilines is 3. The predicted molar refractivity (Wildman–Crippen MR) is 128 cm³/mol. The standard InChI is InChI=1S/C27H24F2N4O2/c28-18-5-3-6-19(14-18)33(24(34)15-31-22-8-4-10-30-26(22)29)25-21-7-1-2-9-23(21)32(27(25)35)20-12-16-11-17(16)13-20/h1-10,14,16-17,20,25,31H,11-13,15H2. The zero-order valence-corrected chi connectivity index (χ0v) is 18.9. The molecule has 1 N–H and O–H groups in total. The van der Waals surface area contributed by atoms with Crippen LogP contribution in [-0.2, 0) is 9.59 Å². The van der Waals surface area contributed by atoms with Crippen LogP contribution in [0.5, 0.6) is 0 Å². The summed E-state index contributed by atoms with van der Waals surface area (Å²) in [5.41, 5.74) is 1.86. The normalized spacial score (nSPS) is 24.2. The Morgan fingerprint density at radius 1 is 1.03 bits per heavy atom. The molecule has 2 aliphatic carbocycles. The molecule has 2 heterocycles. The van der Waals surface area contributed by atoms with Crippen LogP contribution >= 0.6 is 0 Å². The third kappa shape index (κ3) is 3.83. The second kappa shape index (κ2) is 8.45. The van der Waals surface area contributed by atoms with Crippen molar-refractivity contribution in [3.63, 3.8) is 0 Å². The second-order valence-electron chi connectivity index (χ2n) is 9.49. The molecule has 6 rings (SSSR count). The molecule has 3 unspecified atom stereocenters. The Hall–Kier alpha value is -3.81. The van der Waals surface area contributed by atoms with Crippen LogP contribution in [0.1, 0.15) is 30.9 Å². The number of fused-ring (bicyclic) bond motifs is 2. The van der Waals surface area contributed by atoms with Crippen LogP contribution < -0.4 is 15.1 Å². The number of benzene rings is 2. The molecule has 35 heavy (non-hydrogen) atoms. The van der Waals surface area contributed by atoms with Gasteiger partial charge in [-0.3, -0.25) is 14.5 Å². The van der Waals surface area contributed by atoms with Gasteiger partial charge in [0.2, 0.25) is 11.9 Å². The van der Waals surface area contributed by atoms with Gasteiger partial charge >= 0.3 is 0 Å². The summed E-state index contributed by atoms with van der Waals surface area (Å²) in [6, 6.07) is 15.3. The number of nitrogens with one attached hydrogen (secondary N) is 1. The van der Waals surface area contributed by atoms with Gasteiger partial charge in [-0.05, 0) is 67.5 Å². The SMILES string of the molecule is O=C1C(N(C(=O)CNc2cccnc2F)c2cccc(F)c2)c2ccccc2N1C1CC2CC2C1. The molecule has 0 spiro atoms. The quantitative estimate of drug-likeness (QED) is 0.527. The lowest BCUT2D eigenvalue weighted by Gasteiger charge is -2.31. The molecule has 2 fully saturated rings. The Labute approximate surface area is 201 Å². The molecule has 1 aliphatic heterocycles. The van der Waals surface area contributed by atoms with Gasteiger partial charge in [-0.25, -0.2) is 9.37 Å². The highest BCUT2D eigenvalue weighted by Gasteiger charge is 2.52. The van der Waals surface area contributed by atoms with E-state index in [1.807, 2.05) is 29.2 Å². The average molecular weight is 475 g/mol. The number of carbonyl (C=O) groups is 2. The molecule has 8 heteroatoms. The smallest absolute Gasteiger partial charge is 0.255 e. The first-order valence-electron chi connectivity index (χ1n) is 11.9. The van der Waals surface area contributed by atoms with Crippen molar-refractivity contribution < 1.29 is 18.4 Å². The van der Waals surface area contributed by atoms with Crippen molar-refractivity contribution in [2.45, 2.75) is 31.3 Å². The number of hydrogen-bond donors (Lipinski definition) is 1. The Bertz CT molecular complexity index is 1310. The van der Waals surface area contributed by atoms with Crippen LogP contribution in [0.15, 0.2) is 66.9 Å². The zero-order valence-electron chi connectivity index (χ0n) is 18.9. The van der Waals surface area contributed by atoms with Gasteiger partial charge in [-0.15, -0.1) is 0 Å². The van der Waals surface area contributed by atoms with E-state index in [1.54, 1.807) is 12.1 Å². The number of halogens is 2. The van der Waals surface area contributed by atoms with E-state index in [1.165, 1.54) is 41.8 Å². The third-order valence-electron chi connectivity index (χ3n) is 7.35. The molecule has 2 saturated carbocycles. The minimum absolute atomic E-state index is 0.0741. The Kier molecular flexibility index (Phi) is 5.24. The molecule has 6 nitrogen and oxygen atoms in total. The maximum absolute atomic E-state index is 14.2. The van der Waals surface area contributed by atoms with Crippen LogP contribution in [0.3, 0.4) is 0 Å². The largest absolute Gasteiger partial charge is 0.372 e. The molecule has 2 amide bonds. The number of aromatic nitrogens is 1. The van der Waals surface area contributed by atoms with E-state index >= 15 is 0 Å². The van der Waals surface area contributed by atoms with Crippen molar-refractivity contribution in [3.05, 3.63) is 84.2 Å². The lowest BCUT2D eigenvalue weighted by Crippen LogP contribution is -2.46. The van der Waals surface area contributed by atoms with Gasteiger partial charge in [0.1, 0.15) is 11.9 Å². The fourth-order valence-electron chi connectivity index (χ4n) is 5.68. The first-order chi connectivity index (χ1) is 17.0. The number of amides is 2. The Morgan fingerprint density at radius 3 is 2.60 bits per heavy atom. The number of carbonyl (C=O) groups excluding carboxylic acids is 2. The number of rotatable bonds is 6. The molecule has 2 aromatic carbocycles. The fraction of sp³-hybridized carbons (Fsp3) is 0.296. The molecular weight excluding hydrogens is 450 g/mol. The number of nitrogens with zero attached hydrogens (tertiary/aromatic N) is 3. The van der Waals surface area contributed by atoms with Crippen molar-refractivity contribution in [1.82, 2.24) is 4.98 Å². The van der Waals surface area contributed by atoms with Crippen LogP contribution in [-0.4, -0.2) is 29.4 Å². The third-order valence-corrected chi connectivity index (χ3v) is 7.35. The van der Waals surface area contributed by atoms with Gasteiger partial charge in [0.05, 0.1) is 12.2 Å². The molecule has 1 aromatic heterocycles. The molecule has 3 aliphatic rings. The Balaban J connectivity index is 1.36. The second-order valence-corrected chi connectivity index (χ2v) is 9.49. The summed E-state index contributed by atoms with van der Waals surface area (Å²) in [6.07, 6.45) is 4.48. The van der Waals surface area contributed by atoms with Crippen molar-refractivity contribution in [2.75, 3.05) is 21.7 Å². The van der Waals surface area contributed by atoms with Crippen molar-refractivity contribution in [1.29, 1.82) is 0 Å². The summed E-state index contributed by atoms with van der Waals surface area (Å²) in [6.45, 7) is -0.293. The average Bonchev–Trinajstić information content (AvgIpc) is 3.35. The fourth-order valence-corrected chi connectivity index (χ4v) is 5.68. The highest BCUT2D eigenvalue weighted by atomic mass is 19.1. The summed E-state index contributed by atoms with van der Waals surface area (Å²) < 4.78 is 28.3. The van der Waals surface area contributed by atoms with Gasteiger partial charge in [0.25, 0.3) is 5.91 Å². The van der Waals surface area contributed by atoms with Crippen LogP contribution in [0.25, 0.3) is 0 Å². The number of pyridine rings is 1. The molecule has 3 atom stereocenters. The highest BCUT2D eigenvalue weighted by Crippen LogP contribution is 2.55. The predicted octanol–water partition coefficient (Wildman–Crippen LogP) is 4.69. The maximum atomic E-state index is 14.2. The van der Waals surface area contributed by atoms with E-state index in [2.05, 4.69) is 10.3 Å². The maximum Gasteiger partial charge on any atom is 0.255 e. The highest BCUT2D eigenvalue weighted by molar-refractivity contribution is 6.12. The van der Waals surface area contributed by atoms with Crippen LogP contribution in [0, 0.1) is 23.6 Å². The molecule has 0 saturated heterocycles. The van der Waals surface area contributed by atoms with Crippen molar-refractivity contribution >= 4 is 28.9 Å². The topological polar surface area (TPSA) is 65.5 Å².